The Morgan fingerprint density at radius 3 is 2.32 bits per heavy atom. The second-order valence-electron chi connectivity index (χ2n) is 6.41. The predicted octanol–water partition coefficient (Wildman–Crippen LogP) is 2.88. The lowest BCUT2D eigenvalue weighted by Gasteiger charge is -2.42. The Kier molecular flexibility index (Phi) is 3.28. The molecule has 0 saturated carbocycles. The fourth-order valence-electron chi connectivity index (χ4n) is 3.75. The fraction of sp³-hybridized carbons (Fsp3) is 0.412. The molecule has 1 saturated heterocycles. The lowest BCUT2D eigenvalue weighted by atomic mass is 9.87. The van der Waals surface area contributed by atoms with Gasteiger partial charge in [0.1, 0.15) is 0 Å². The summed E-state index contributed by atoms with van der Waals surface area (Å²) in [4.78, 5) is 26.2. The van der Waals surface area contributed by atoms with E-state index >= 15 is 0 Å². The van der Waals surface area contributed by atoms with Gasteiger partial charge in [0.15, 0.2) is 0 Å². The van der Waals surface area contributed by atoms with Crippen LogP contribution in [-0.4, -0.2) is 41.3 Å². The molecule has 3 heterocycles. The minimum Gasteiger partial charge on any atom is -0.457 e. The largest absolute Gasteiger partial charge is 0.457 e. The molecular formula is C17H14F3NO4. The van der Waals surface area contributed by atoms with Crippen molar-refractivity contribution >= 4 is 11.8 Å². The van der Waals surface area contributed by atoms with Crippen molar-refractivity contribution in [2.24, 2.45) is 5.92 Å². The summed E-state index contributed by atoms with van der Waals surface area (Å²) in [5.74, 6) is -4.53. The van der Waals surface area contributed by atoms with Crippen LogP contribution in [-0.2, 0) is 9.47 Å². The van der Waals surface area contributed by atoms with E-state index in [2.05, 4.69) is 0 Å². The SMILES string of the molecule is C[C@@]12OCC[C@@H]1[C@H](N1C(=O)c3ccccc3C1=O)C=C(C(F)(F)F)O2. The van der Waals surface area contributed by atoms with E-state index in [1.807, 2.05) is 0 Å². The first-order valence-corrected chi connectivity index (χ1v) is 7.81. The van der Waals surface area contributed by atoms with Crippen LogP contribution in [0.5, 0.6) is 0 Å². The second kappa shape index (κ2) is 5.08. The number of ether oxygens (including phenoxy) is 2. The maximum absolute atomic E-state index is 13.2. The van der Waals surface area contributed by atoms with Gasteiger partial charge in [0.25, 0.3) is 11.8 Å². The Balaban J connectivity index is 1.81. The number of imide groups is 1. The van der Waals surface area contributed by atoms with E-state index in [0.29, 0.717) is 6.42 Å². The Morgan fingerprint density at radius 1 is 1.16 bits per heavy atom. The van der Waals surface area contributed by atoms with Crippen molar-refractivity contribution in [1.82, 2.24) is 4.90 Å². The molecule has 0 aromatic heterocycles. The summed E-state index contributed by atoms with van der Waals surface area (Å²) >= 11 is 0. The van der Waals surface area contributed by atoms with Gasteiger partial charge in [-0.3, -0.25) is 14.5 Å². The van der Waals surface area contributed by atoms with Gasteiger partial charge < -0.3 is 9.47 Å². The molecule has 0 radical (unpaired) electrons. The highest BCUT2D eigenvalue weighted by molar-refractivity contribution is 6.21. The van der Waals surface area contributed by atoms with Crippen LogP contribution >= 0.6 is 0 Å². The van der Waals surface area contributed by atoms with Crippen LogP contribution in [0, 0.1) is 5.92 Å². The highest BCUT2D eigenvalue weighted by Crippen LogP contribution is 2.47. The number of benzene rings is 1. The molecule has 5 nitrogen and oxygen atoms in total. The molecular weight excluding hydrogens is 339 g/mol. The maximum atomic E-state index is 13.2. The molecule has 0 spiro atoms. The lowest BCUT2D eigenvalue weighted by molar-refractivity contribution is -0.248. The maximum Gasteiger partial charge on any atom is 0.448 e. The Hall–Kier alpha value is -2.35. The summed E-state index contributed by atoms with van der Waals surface area (Å²) in [7, 11) is 0. The number of amides is 2. The van der Waals surface area contributed by atoms with Gasteiger partial charge >= 0.3 is 6.18 Å². The lowest BCUT2D eigenvalue weighted by Crippen LogP contribution is -2.54. The molecule has 1 aromatic rings. The summed E-state index contributed by atoms with van der Waals surface area (Å²) in [6.45, 7) is 1.61. The molecule has 2 amide bonds. The third kappa shape index (κ3) is 2.27. The van der Waals surface area contributed by atoms with E-state index in [0.717, 1.165) is 11.0 Å². The Labute approximate surface area is 141 Å². The van der Waals surface area contributed by atoms with Crippen molar-refractivity contribution in [3.8, 4) is 0 Å². The van der Waals surface area contributed by atoms with Gasteiger partial charge in [-0.15, -0.1) is 0 Å². The van der Waals surface area contributed by atoms with Gasteiger partial charge in [0, 0.05) is 6.92 Å². The minimum absolute atomic E-state index is 0.194. The number of carbonyl (C=O) groups is 2. The zero-order chi connectivity index (χ0) is 18.0. The van der Waals surface area contributed by atoms with Crippen LogP contribution in [0.3, 0.4) is 0 Å². The summed E-state index contributed by atoms with van der Waals surface area (Å²) in [5, 5.41) is 0. The molecule has 25 heavy (non-hydrogen) atoms. The third-order valence-electron chi connectivity index (χ3n) is 4.94. The fourth-order valence-corrected chi connectivity index (χ4v) is 3.75. The Morgan fingerprint density at radius 2 is 1.76 bits per heavy atom. The van der Waals surface area contributed by atoms with E-state index in [1.165, 1.54) is 19.1 Å². The van der Waals surface area contributed by atoms with Crippen molar-refractivity contribution in [3.05, 3.63) is 47.2 Å². The van der Waals surface area contributed by atoms with Gasteiger partial charge in [0.2, 0.25) is 11.5 Å². The zero-order valence-corrected chi connectivity index (χ0v) is 13.2. The molecule has 1 aromatic carbocycles. The molecule has 8 heteroatoms. The molecule has 3 aliphatic heterocycles. The summed E-state index contributed by atoms with van der Waals surface area (Å²) in [6, 6.07) is 5.13. The van der Waals surface area contributed by atoms with Crippen LogP contribution in [0.1, 0.15) is 34.1 Å². The number of carbonyl (C=O) groups excluding carboxylic acids is 2. The topological polar surface area (TPSA) is 55.8 Å². The van der Waals surface area contributed by atoms with Crippen molar-refractivity contribution < 1.29 is 32.2 Å². The van der Waals surface area contributed by atoms with Gasteiger partial charge in [-0.2, -0.15) is 13.2 Å². The van der Waals surface area contributed by atoms with Crippen LogP contribution < -0.4 is 0 Å². The third-order valence-corrected chi connectivity index (χ3v) is 4.94. The van der Waals surface area contributed by atoms with Gasteiger partial charge in [-0.1, -0.05) is 12.1 Å². The molecule has 0 aliphatic carbocycles. The van der Waals surface area contributed by atoms with Crippen molar-refractivity contribution in [1.29, 1.82) is 0 Å². The number of hydrogen-bond acceptors (Lipinski definition) is 4. The average Bonchev–Trinajstić information content (AvgIpc) is 3.05. The smallest absolute Gasteiger partial charge is 0.448 e. The monoisotopic (exact) mass is 353 g/mol. The average molecular weight is 353 g/mol. The van der Waals surface area contributed by atoms with Gasteiger partial charge in [-0.05, 0) is 24.6 Å². The number of hydrogen-bond donors (Lipinski definition) is 0. The quantitative estimate of drug-likeness (QED) is 0.729. The molecule has 1 fully saturated rings. The van der Waals surface area contributed by atoms with E-state index in [-0.39, 0.29) is 17.7 Å². The first-order chi connectivity index (χ1) is 11.7. The molecule has 0 bridgehead atoms. The number of rotatable bonds is 1. The van der Waals surface area contributed by atoms with E-state index in [4.69, 9.17) is 9.47 Å². The van der Waals surface area contributed by atoms with E-state index < -0.39 is 41.5 Å². The highest BCUT2D eigenvalue weighted by atomic mass is 19.4. The molecule has 0 unspecified atom stereocenters. The molecule has 132 valence electrons. The van der Waals surface area contributed by atoms with E-state index in [9.17, 15) is 22.8 Å². The number of nitrogens with zero attached hydrogens (tertiary/aromatic N) is 1. The molecule has 0 N–H and O–H groups in total. The molecule has 3 atom stereocenters. The number of halogens is 3. The van der Waals surface area contributed by atoms with Crippen molar-refractivity contribution in [2.45, 2.75) is 31.3 Å². The van der Waals surface area contributed by atoms with E-state index in [1.54, 1.807) is 12.1 Å². The predicted molar refractivity (Wildman–Crippen MR) is 78.4 cm³/mol. The normalized spacial score (nSPS) is 31.5. The van der Waals surface area contributed by atoms with Crippen molar-refractivity contribution in [3.63, 3.8) is 0 Å². The number of alkyl halides is 3. The van der Waals surface area contributed by atoms with Crippen LogP contribution in [0.15, 0.2) is 36.1 Å². The second-order valence-corrected chi connectivity index (χ2v) is 6.41. The summed E-state index contributed by atoms with van der Waals surface area (Å²) in [6.07, 6.45) is -3.53. The summed E-state index contributed by atoms with van der Waals surface area (Å²) < 4.78 is 50.2. The Bertz CT molecular complexity index is 768. The number of fused-ring (bicyclic) bond motifs is 2. The highest BCUT2D eigenvalue weighted by Gasteiger charge is 2.57. The van der Waals surface area contributed by atoms with Gasteiger partial charge in [-0.25, -0.2) is 0 Å². The van der Waals surface area contributed by atoms with Crippen LogP contribution in [0.2, 0.25) is 0 Å². The minimum atomic E-state index is -4.74. The molecule has 3 aliphatic rings. The van der Waals surface area contributed by atoms with Crippen LogP contribution in [0.25, 0.3) is 0 Å². The summed E-state index contributed by atoms with van der Waals surface area (Å²) in [5.41, 5.74) is 0.392. The van der Waals surface area contributed by atoms with Crippen LogP contribution in [0.4, 0.5) is 13.2 Å². The van der Waals surface area contributed by atoms with Crippen molar-refractivity contribution in [2.75, 3.05) is 6.61 Å². The first kappa shape index (κ1) is 16.1. The standard InChI is InChI=1S/C17H14F3NO4/c1-16-11(6-7-24-16)12(8-13(25-16)17(18,19)20)21-14(22)9-4-2-3-5-10(9)15(21)23/h2-5,8,11-12H,6-7H2,1H3/t11-,12-,16+/m1/s1. The van der Waals surface area contributed by atoms with Gasteiger partial charge in [0.05, 0.1) is 29.7 Å². The molecule has 4 rings (SSSR count). The first-order valence-electron chi connectivity index (χ1n) is 7.81. The number of allylic oxidation sites excluding steroid dienone is 1. The zero-order valence-electron chi connectivity index (χ0n) is 13.2.